The quantitative estimate of drug-likeness (QED) is 0.791. The second-order valence-electron chi connectivity index (χ2n) is 6.00. The fraction of sp³-hybridized carbons (Fsp3) is 0.800. The number of likely N-dealkylation sites (tertiary alicyclic amines) is 1. The lowest BCUT2D eigenvalue weighted by Crippen LogP contribution is -2.52. The molecule has 1 amide bonds. The second kappa shape index (κ2) is 7.43. The molecule has 0 radical (unpaired) electrons. The van der Waals surface area contributed by atoms with Crippen LogP contribution in [0.5, 0.6) is 0 Å². The average molecular weight is 300 g/mol. The zero-order valence-corrected chi connectivity index (χ0v) is 13.2. The largest absolute Gasteiger partial charge is 0.339 e. The molecule has 0 aromatic carbocycles. The van der Waals surface area contributed by atoms with Crippen LogP contribution in [-0.2, 0) is 4.79 Å². The van der Waals surface area contributed by atoms with Crippen LogP contribution in [0.15, 0.2) is 11.6 Å². The number of piperazine rings is 1. The van der Waals surface area contributed by atoms with Crippen molar-refractivity contribution in [2.75, 3.05) is 45.8 Å². The van der Waals surface area contributed by atoms with E-state index in [9.17, 15) is 4.79 Å². The molecule has 0 saturated carbocycles. The predicted molar refractivity (Wildman–Crippen MR) is 82.9 cm³/mol. The summed E-state index contributed by atoms with van der Waals surface area (Å²) in [5.74, 6) is 0.299. The summed E-state index contributed by atoms with van der Waals surface area (Å²) in [6, 6.07) is 0.414. The zero-order valence-electron chi connectivity index (χ0n) is 12.5. The number of carbonyl (C=O) groups excluding carboxylic acids is 1. The number of piperidine rings is 1. The van der Waals surface area contributed by atoms with Crippen LogP contribution >= 0.6 is 11.6 Å². The number of amides is 1. The fourth-order valence-corrected chi connectivity index (χ4v) is 3.27. The van der Waals surface area contributed by atoms with Gasteiger partial charge in [-0.1, -0.05) is 18.2 Å². The van der Waals surface area contributed by atoms with Crippen LogP contribution in [0.25, 0.3) is 0 Å². The highest BCUT2D eigenvalue weighted by Crippen LogP contribution is 2.17. The molecule has 0 bridgehead atoms. The van der Waals surface area contributed by atoms with E-state index in [1.54, 1.807) is 0 Å². The number of halogens is 1. The van der Waals surface area contributed by atoms with Crippen molar-refractivity contribution >= 4 is 17.5 Å². The van der Waals surface area contributed by atoms with Crippen LogP contribution in [0.2, 0.25) is 0 Å². The fourth-order valence-electron chi connectivity index (χ4n) is 3.10. The van der Waals surface area contributed by atoms with Crippen molar-refractivity contribution in [2.24, 2.45) is 0 Å². The Morgan fingerprint density at radius 2 is 1.70 bits per heavy atom. The topological polar surface area (TPSA) is 26.8 Å². The third kappa shape index (κ3) is 4.47. The van der Waals surface area contributed by atoms with Gasteiger partial charge in [0.05, 0.1) is 6.54 Å². The third-order valence-corrected chi connectivity index (χ3v) is 4.46. The molecule has 4 nitrogen and oxygen atoms in total. The van der Waals surface area contributed by atoms with Crippen LogP contribution in [0, 0.1) is 0 Å². The molecule has 2 fully saturated rings. The molecule has 1 atom stereocenters. The van der Waals surface area contributed by atoms with Crippen LogP contribution in [0.4, 0.5) is 0 Å². The van der Waals surface area contributed by atoms with E-state index in [1.165, 1.54) is 6.42 Å². The van der Waals surface area contributed by atoms with Gasteiger partial charge in [-0.2, -0.15) is 0 Å². The normalized spacial score (nSPS) is 25.7. The molecule has 2 aliphatic rings. The maximum Gasteiger partial charge on any atom is 0.236 e. The summed E-state index contributed by atoms with van der Waals surface area (Å²) < 4.78 is 0. The van der Waals surface area contributed by atoms with Gasteiger partial charge in [-0.05, 0) is 26.2 Å². The molecule has 2 heterocycles. The standard InChI is InChI=1S/C15H26ClN3O/c1-13(16)11-17-7-9-18(10-8-17)12-15(20)19-6-4-3-5-14(19)2/h14H,1,3-12H2,2H3. The highest BCUT2D eigenvalue weighted by atomic mass is 35.5. The van der Waals surface area contributed by atoms with Crippen molar-refractivity contribution in [3.05, 3.63) is 11.6 Å². The van der Waals surface area contributed by atoms with E-state index in [0.29, 0.717) is 23.5 Å². The highest BCUT2D eigenvalue weighted by molar-refractivity contribution is 6.29. The van der Waals surface area contributed by atoms with Gasteiger partial charge in [-0.25, -0.2) is 0 Å². The number of hydrogen-bond donors (Lipinski definition) is 0. The van der Waals surface area contributed by atoms with Crippen LogP contribution in [0.1, 0.15) is 26.2 Å². The van der Waals surface area contributed by atoms with Gasteiger partial charge in [0.2, 0.25) is 5.91 Å². The van der Waals surface area contributed by atoms with Gasteiger partial charge < -0.3 is 4.90 Å². The van der Waals surface area contributed by atoms with Crippen molar-refractivity contribution in [3.8, 4) is 0 Å². The lowest BCUT2D eigenvalue weighted by atomic mass is 10.0. The Balaban J connectivity index is 1.74. The summed E-state index contributed by atoms with van der Waals surface area (Å²) in [5.41, 5.74) is 0. The summed E-state index contributed by atoms with van der Waals surface area (Å²) in [5, 5.41) is 0.691. The lowest BCUT2D eigenvalue weighted by molar-refractivity contribution is -0.136. The van der Waals surface area contributed by atoms with Crippen molar-refractivity contribution in [1.29, 1.82) is 0 Å². The first-order valence-electron chi connectivity index (χ1n) is 7.63. The molecular weight excluding hydrogens is 274 g/mol. The number of hydrogen-bond acceptors (Lipinski definition) is 3. The van der Waals surface area contributed by atoms with E-state index in [4.69, 9.17) is 11.6 Å². The lowest BCUT2D eigenvalue weighted by Gasteiger charge is -2.38. The van der Waals surface area contributed by atoms with Crippen LogP contribution in [0.3, 0.4) is 0 Å². The molecule has 114 valence electrons. The van der Waals surface area contributed by atoms with Gasteiger partial charge in [-0.15, -0.1) is 0 Å². The van der Waals surface area contributed by atoms with Gasteiger partial charge in [-0.3, -0.25) is 14.6 Å². The summed E-state index contributed by atoms with van der Waals surface area (Å²) in [6.45, 7) is 12.0. The van der Waals surface area contributed by atoms with Crippen molar-refractivity contribution in [2.45, 2.75) is 32.2 Å². The Morgan fingerprint density at radius 3 is 2.25 bits per heavy atom. The molecule has 0 aromatic rings. The monoisotopic (exact) mass is 299 g/mol. The Kier molecular flexibility index (Phi) is 5.87. The molecule has 2 aliphatic heterocycles. The average Bonchev–Trinajstić information content (AvgIpc) is 2.41. The van der Waals surface area contributed by atoms with Crippen molar-refractivity contribution < 1.29 is 4.79 Å². The van der Waals surface area contributed by atoms with Gasteiger partial charge in [0.1, 0.15) is 0 Å². The maximum atomic E-state index is 12.4. The Labute approximate surface area is 127 Å². The molecule has 1 unspecified atom stereocenters. The zero-order chi connectivity index (χ0) is 14.5. The minimum Gasteiger partial charge on any atom is -0.339 e. The van der Waals surface area contributed by atoms with Crippen LogP contribution < -0.4 is 0 Å². The van der Waals surface area contributed by atoms with E-state index >= 15 is 0 Å². The summed E-state index contributed by atoms with van der Waals surface area (Å²) in [6.07, 6.45) is 3.56. The van der Waals surface area contributed by atoms with Crippen molar-refractivity contribution in [1.82, 2.24) is 14.7 Å². The molecule has 0 aliphatic carbocycles. The summed E-state index contributed by atoms with van der Waals surface area (Å²) in [7, 11) is 0. The van der Waals surface area contributed by atoms with Gasteiger partial charge >= 0.3 is 0 Å². The smallest absolute Gasteiger partial charge is 0.236 e. The summed E-state index contributed by atoms with van der Waals surface area (Å²) >= 11 is 5.84. The van der Waals surface area contributed by atoms with E-state index in [2.05, 4.69) is 28.2 Å². The minimum atomic E-state index is 0.299. The van der Waals surface area contributed by atoms with E-state index in [1.807, 2.05) is 0 Å². The number of carbonyl (C=O) groups is 1. The Morgan fingerprint density at radius 1 is 1.10 bits per heavy atom. The molecule has 2 rings (SSSR count). The second-order valence-corrected chi connectivity index (χ2v) is 6.54. The van der Waals surface area contributed by atoms with Gasteiger partial charge in [0, 0.05) is 50.3 Å². The third-order valence-electron chi connectivity index (χ3n) is 4.34. The van der Waals surface area contributed by atoms with E-state index in [-0.39, 0.29) is 0 Å². The molecule has 5 heteroatoms. The van der Waals surface area contributed by atoms with Crippen LogP contribution in [-0.4, -0.2) is 72.5 Å². The van der Waals surface area contributed by atoms with Crippen molar-refractivity contribution in [3.63, 3.8) is 0 Å². The Hall–Kier alpha value is -0.580. The predicted octanol–water partition coefficient (Wildman–Crippen LogP) is 1.76. The first kappa shape index (κ1) is 15.8. The Bertz CT molecular complexity index is 353. The number of nitrogens with zero attached hydrogens (tertiary/aromatic N) is 3. The van der Waals surface area contributed by atoms with E-state index < -0.39 is 0 Å². The molecule has 20 heavy (non-hydrogen) atoms. The molecule has 0 spiro atoms. The molecular formula is C15H26ClN3O. The molecule has 0 aromatic heterocycles. The molecule has 0 N–H and O–H groups in total. The van der Waals surface area contributed by atoms with Gasteiger partial charge in [0.15, 0.2) is 0 Å². The number of rotatable bonds is 4. The maximum absolute atomic E-state index is 12.4. The summed E-state index contributed by atoms with van der Waals surface area (Å²) in [4.78, 5) is 19.0. The first-order chi connectivity index (χ1) is 9.56. The first-order valence-corrected chi connectivity index (χ1v) is 8.01. The van der Waals surface area contributed by atoms with Gasteiger partial charge in [0.25, 0.3) is 0 Å². The highest BCUT2D eigenvalue weighted by Gasteiger charge is 2.26. The molecule has 2 saturated heterocycles. The minimum absolute atomic E-state index is 0.299. The van der Waals surface area contributed by atoms with E-state index in [0.717, 1.165) is 52.1 Å². The SMILES string of the molecule is C=C(Cl)CN1CCN(CC(=O)N2CCCCC2C)CC1.